The summed E-state index contributed by atoms with van der Waals surface area (Å²) >= 11 is 0. The standard InChI is InChI=1S/3C19H17S.C13H18O4.C11H14O4.C10H14O5S/c3*1-16-12-14-19(15-13-16)20(17-8-4-2-5-9-17)18-10-6-3-7-11-18;1-2-11(14)17-13-5-8-3-9(6-13)12(15)16-10(4-8)7-13;1-2-8(12)14-9-5-3-6-7(4-5)11(13)15-10(6)9;1-2-8(11)14-9-5-3-6-7(4-5)16(12,13)15-10(6)9/h3*2-15H,1H3;8-10H,2-7H2,1H3;5-7,9-10H,2-4H2,1H3;5-7,9-10H,2-4H2,1H3/q3*+1;;;. The first-order chi connectivity index (χ1) is 52.4. The van der Waals surface area contributed by atoms with E-state index in [-0.39, 0.29) is 116 Å². The molecule has 0 spiro atoms. The first kappa shape index (κ1) is 77.4. The molecule has 13 nitrogen and oxygen atoms in total. The van der Waals surface area contributed by atoms with Gasteiger partial charge in [-0.2, -0.15) is 8.42 Å². The minimum absolute atomic E-state index is 0.0229. The highest BCUT2D eigenvalue weighted by atomic mass is 32.2. The summed E-state index contributed by atoms with van der Waals surface area (Å²) in [5.74, 6) is 0.648. The highest BCUT2D eigenvalue weighted by Crippen LogP contribution is 2.57. The third-order valence-electron chi connectivity index (χ3n) is 21.9. The van der Waals surface area contributed by atoms with Crippen LogP contribution in [0, 0.1) is 62.2 Å². The van der Waals surface area contributed by atoms with Crippen LogP contribution in [-0.2, 0) is 94.6 Å². The third-order valence-corrected chi connectivity index (χ3v) is 30.4. The van der Waals surface area contributed by atoms with E-state index in [4.69, 9.17) is 27.9 Å². The van der Waals surface area contributed by atoms with Crippen LogP contribution in [0.2, 0.25) is 0 Å². The molecule has 108 heavy (non-hydrogen) atoms. The van der Waals surface area contributed by atoms with Gasteiger partial charge in [-0.1, -0.05) is 183 Å². The van der Waals surface area contributed by atoms with Gasteiger partial charge in [-0.15, -0.1) is 0 Å². The molecule has 14 unspecified atom stereocenters. The van der Waals surface area contributed by atoms with Gasteiger partial charge in [-0.05, 0) is 181 Å². The summed E-state index contributed by atoms with van der Waals surface area (Å²) in [7, 11) is -3.47. The number of hydrogen-bond acceptors (Lipinski definition) is 13. The van der Waals surface area contributed by atoms with Crippen molar-refractivity contribution in [1.82, 2.24) is 0 Å². The maximum atomic E-state index is 11.8. The van der Waals surface area contributed by atoms with Crippen molar-refractivity contribution in [3.63, 3.8) is 0 Å². The van der Waals surface area contributed by atoms with Gasteiger partial charge >= 0.3 is 29.8 Å². The van der Waals surface area contributed by atoms with Crippen LogP contribution in [0.3, 0.4) is 0 Å². The van der Waals surface area contributed by atoms with Crippen molar-refractivity contribution < 1.29 is 60.3 Å². The second-order valence-electron chi connectivity index (χ2n) is 29.5. The lowest BCUT2D eigenvalue weighted by atomic mass is 9.65. The van der Waals surface area contributed by atoms with E-state index in [1.54, 1.807) is 20.8 Å². The van der Waals surface area contributed by atoms with Gasteiger partial charge in [0.25, 0.3) is 10.1 Å². The SMILES string of the molecule is CCC(=O)OC12CC3CC(C1)OC(=O)C(C3)C2.CCC(=O)OC1C2CC3C(=O)OC1C3C2.CCC(=O)OC1C2CC3C1OS(=O)(=O)C3C2.Cc1ccc([S+](c2ccccc2)c2ccccc2)cc1.Cc1ccc([S+](c2ccccc2)c2ccccc2)cc1.Cc1ccc([S+](c2ccccc2)c2ccccc2)cc1. The Labute approximate surface area is 645 Å². The third kappa shape index (κ3) is 18.3. The lowest BCUT2D eigenvalue weighted by molar-refractivity contribution is -0.173. The van der Waals surface area contributed by atoms with Crippen LogP contribution in [0.5, 0.6) is 0 Å². The number of fused-ring (bicyclic) bond motifs is 3. The van der Waals surface area contributed by atoms with E-state index < -0.39 is 21.8 Å². The van der Waals surface area contributed by atoms with Crippen LogP contribution in [0.4, 0.5) is 0 Å². The quantitative estimate of drug-likeness (QED) is 0.0411. The summed E-state index contributed by atoms with van der Waals surface area (Å²) < 4.78 is 55.3. The Morgan fingerprint density at radius 3 is 1.15 bits per heavy atom. The van der Waals surface area contributed by atoms with Crippen LogP contribution in [0.1, 0.15) is 115 Å². The Morgan fingerprint density at radius 2 is 0.759 bits per heavy atom. The van der Waals surface area contributed by atoms with E-state index in [1.165, 1.54) is 60.7 Å². The Balaban J connectivity index is 0.000000115. The van der Waals surface area contributed by atoms with Gasteiger partial charge in [0.05, 0.1) is 49.8 Å². The van der Waals surface area contributed by atoms with Crippen LogP contribution in [0.25, 0.3) is 0 Å². The van der Waals surface area contributed by atoms with Crippen molar-refractivity contribution >= 4 is 72.6 Å². The molecule has 10 fully saturated rings. The minimum Gasteiger partial charge on any atom is -0.462 e. The lowest BCUT2D eigenvalue weighted by Crippen LogP contribution is -2.48. The van der Waals surface area contributed by atoms with Gasteiger partial charge < -0.3 is 23.7 Å². The molecule has 0 amide bonds. The maximum absolute atomic E-state index is 11.8. The number of ether oxygens (including phenoxy) is 5. The first-order valence-electron chi connectivity index (χ1n) is 38.0. The largest absolute Gasteiger partial charge is 0.462 e. The van der Waals surface area contributed by atoms with Crippen molar-refractivity contribution in [3.05, 3.63) is 271 Å². The average molecular weight is 1530 g/mol. The molecule has 6 saturated carbocycles. The molecule has 0 aromatic heterocycles. The predicted molar refractivity (Wildman–Crippen MR) is 421 cm³/mol. The van der Waals surface area contributed by atoms with Gasteiger partial charge in [-0.25, -0.2) is 0 Å². The number of hydrogen-bond donors (Lipinski definition) is 0. The second kappa shape index (κ2) is 35.3. The molecule has 9 aromatic rings. The number of benzene rings is 9. The average Bonchev–Trinajstić information content (AvgIpc) is 1.55. The van der Waals surface area contributed by atoms with Gasteiger partial charge in [0.2, 0.25) is 0 Å². The van der Waals surface area contributed by atoms with E-state index in [9.17, 15) is 32.4 Å². The summed E-state index contributed by atoms with van der Waals surface area (Å²) in [6.45, 7) is 11.7. The Hall–Kier alpha value is -8.71. The fourth-order valence-corrected chi connectivity index (χ4v) is 25.1. The number of aryl methyl sites for hydroxylation is 3. The molecule has 10 aliphatic rings. The van der Waals surface area contributed by atoms with E-state index in [2.05, 4.69) is 276 Å². The van der Waals surface area contributed by atoms with Gasteiger partial charge in [0, 0.05) is 55.8 Å². The fraction of sp³-hybridized carbons (Fsp3) is 0.352. The summed E-state index contributed by atoms with van der Waals surface area (Å²) in [6.07, 6.45) is 7.42. The van der Waals surface area contributed by atoms with Crippen LogP contribution >= 0.6 is 0 Å². The molecule has 4 aliphatic heterocycles. The Bertz CT molecular complexity index is 4180. The summed E-state index contributed by atoms with van der Waals surface area (Å²) in [4.78, 5) is 69.5. The van der Waals surface area contributed by atoms with Gasteiger partial charge in [0.1, 0.15) is 36.1 Å². The topological polar surface area (TPSA) is 175 Å². The highest BCUT2D eigenvalue weighted by molar-refractivity contribution is 7.97. The summed E-state index contributed by atoms with van der Waals surface area (Å²) in [5.41, 5.74) is 3.51. The molecule has 14 atom stereocenters. The molecule has 17 heteroatoms. The van der Waals surface area contributed by atoms with E-state index in [0.29, 0.717) is 56.3 Å². The molecule has 6 aliphatic carbocycles. The molecule has 0 radical (unpaired) electrons. The molecule has 560 valence electrons. The molecule has 9 aromatic carbocycles. The van der Waals surface area contributed by atoms with Crippen molar-refractivity contribution in [3.8, 4) is 0 Å². The maximum Gasteiger partial charge on any atom is 0.309 e. The zero-order chi connectivity index (χ0) is 75.5. The Morgan fingerprint density at radius 1 is 0.398 bits per heavy atom. The molecule has 0 N–H and O–H groups in total. The summed E-state index contributed by atoms with van der Waals surface area (Å²) in [5, 5.41) is -0.348. The monoisotopic (exact) mass is 1530 g/mol. The van der Waals surface area contributed by atoms with Crippen molar-refractivity contribution in [2.45, 2.75) is 204 Å². The van der Waals surface area contributed by atoms with Crippen LogP contribution in [0.15, 0.2) is 299 Å². The summed E-state index contributed by atoms with van der Waals surface area (Å²) in [6, 6.07) is 91.1. The number of rotatable bonds is 15. The molecule has 4 saturated heterocycles. The molecule has 19 rings (SSSR count). The molecule has 4 heterocycles. The van der Waals surface area contributed by atoms with Crippen molar-refractivity contribution in [2.75, 3.05) is 0 Å². The Kier molecular flexibility index (Phi) is 25.3. The zero-order valence-electron chi connectivity index (χ0n) is 62.2. The molecule has 8 bridgehead atoms. The predicted octanol–water partition coefficient (Wildman–Crippen LogP) is 18.4. The van der Waals surface area contributed by atoms with Crippen molar-refractivity contribution in [2.24, 2.45) is 41.4 Å². The van der Waals surface area contributed by atoms with Gasteiger partial charge in [0.15, 0.2) is 44.1 Å². The lowest BCUT2D eigenvalue weighted by Gasteiger charge is -2.45. The van der Waals surface area contributed by atoms with E-state index >= 15 is 0 Å². The number of carbonyl (C=O) groups is 5. The van der Waals surface area contributed by atoms with Crippen molar-refractivity contribution in [1.29, 1.82) is 0 Å². The minimum atomic E-state index is -3.40. The number of esters is 5. The second-order valence-corrected chi connectivity index (χ2v) is 37.3. The van der Waals surface area contributed by atoms with Crippen LogP contribution in [-0.4, -0.2) is 79.6 Å². The highest BCUT2D eigenvalue weighted by Gasteiger charge is 2.66. The first-order valence-corrected chi connectivity index (χ1v) is 43.2. The van der Waals surface area contributed by atoms with Gasteiger partial charge in [-0.3, -0.25) is 28.2 Å². The fourth-order valence-electron chi connectivity index (χ4n) is 17.0. The van der Waals surface area contributed by atoms with E-state index in [1.807, 2.05) is 0 Å². The normalized spacial score (nSPS) is 26.1. The zero-order valence-corrected chi connectivity index (χ0v) is 65.4. The number of carbonyl (C=O) groups excluding carboxylic acids is 5. The molecular formula is C91H97O13S4+3. The van der Waals surface area contributed by atoms with E-state index in [0.717, 1.165) is 38.5 Å². The molecular weight excluding hydrogens is 1430 g/mol. The van der Waals surface area contributed by atoms with Crippen LogP contribution < -0.4 is 0 Å². The smallest absolute Gasteiger partial charge is 0.309 e.